The number of amides is 1. The van der Waals surface area contributed by atoms with Crippen LogP contribution in [0.15, 0.2) is 54.9 Å². The van der Waals surface area contributed by atoms with Crippen molar-refractivity contribution < 1.29 is 4.79 Å². The molecule has 0 spiro atoms. The third-order valence-corrected chi connectivity index (χ3v) is 5.68. The normalized spacial score (nSPS) is 14.8. The second-order valence-corrected chi connectivity index (χ2v) is 7.83. The predicted octanol–water partition coefficient (Wildman–Crippen LogP) is 2.23. The van der Waals surface area contributed by atoms with Gasteiger partial charge in [-0.1, -0.05) is 18.2 Å². The summed E-state index contributed by atoms with van der Waals surface area (Å²) in [6, 6.07) is 11.8. The molecule has 1 aliphatic rings. The van der Waals surface area contributed by atoms with Gasteiger partial charge in [-0.2, -0.15) is 5.10 Å². The van der Waals surface area contributed by atoms with E-state index in [2.05, 4.69) is 30.2 Å². The van der Waals surface area contributed by atoms with Crippen molar-refractivity contribution in [3.05, 3.63) is 71.8 Å². The van der Waals surface area contributed by atoms with Gasteiger partial charge in [0.05, 0.1) is 11.4 Å². The summed E-state index contributed by atoms with van der Waals surface area (Å²) in [6.45, 7) is 9.07. The van der Waals surface area contributed by atoms with Gasteiger partial charge in [0.2, 0.25) is 11.9 Å². The topological polar surface area (TPSA) is 79.2 Å². The summed E-state index contributed by atoms with van der Waals surface area (Å²) < 4.78 is 1.91. The fourth-order valence-corrected chi connectivity index (χ4v) is 3.90. The van der Waals surface area contributed by atoms with Crippen LogP contribution in [0.25, 0.3) is 11.8 Å². The molecule has 0 aliphatic carbocycles. The number of hydrogen-bond acceptors (Lipinski definition) is 6. The Morgan fingerprint density at radius 1 is 1.03 bits per heavy atom. The minimum absolute atomic E-state index is 0.0902. The third-order valence-electron chi connectivity index (χ3n) is 5.68. The van der Waals surface area contributed by atoms with Crippen LogP contribution in [0.3, 0.4) is 0 Å². The molecule has 0 saturated carbocycles. The number of aryl methyl sites for hydroxylation is 1. The molecule has 3 aromatic rings. The van der Waals surface area contributed by atoms with E-state index >= 15 is 0 Å². The Labute approximate surface area is 188 Å². The van der Waals surface area contributed by atoms with E-state index in [-0.39, 0.29) is 5.91 Å². The Hall–Kier alpha value is -3.52. The molecule has 0 atom stereocenters. The number of benzene rings is 1. The van der Waals surface area contributed by atoms with Gasteiger partial charge in [0.1, 0.15) is 0 Å². The van der Waals surface area contributed by atoms with Gasteiger partial charge in [-0.25, -0.2) is 14.6 Å². The number of anilines is 1. The highest BCUT2D eigenvalue weighted by molar-refractivity contribution is 5.92. The number of para-hydroxylation sites is 1. The predicted molar refractivity (Wildman–Crippen MR) is 126 cm³/mol. The van der Waals surface area contributed by atoms with Crippen LogP contribution in [0.4, 0.5) is 5.95 Å². The van der Waals surface area contributed by atoms with Gasteiger partial charge in [0.25, 0.3) is 0 Å². The minimum atomic E-state index is -0.0902. The van der Waals surface area contributed by atoms with Crippen molar-refractivity contribution >= 4 is 17.9 Å². The molecule has 0 unspecified atom stereocenters. The number of carbonyl (C=O) groups excluding carboxylic acids is 1. The average Bonchev–Trinajstić information content (AvgIpc) is 3.12. The lowest BCUT2D eigenvalue weighted by Crippen LogP contribution is -2.48. The lowest BCUT2D eigenvalue weighted by Gasteiger charge is -2.34. The molecule has 3 heterocycles. The molecule has 1 saturated heterocycles. The van der Waals surface area contributed by atoms with Crippen LogP contribution >= 0.6 is 0 Å². The van der Waals surface area contributed by atoms with E-state index in [0.29, 0.717) is 6.54 Å². The van der Waals surface area contributed by atoms with E-state index in [1.807, 2.05) is 61.0 Å². The molecule has 2 aromatic heterocycles. The molecule has 1 aliphatic heterocycles. The fourth-order valence-electron chi connectivity index (χ4n) is 3.90. The molecular weight excluding hydrogens is 402 g/mol. The Balaban J connectivity index is 1.24. The summed E-state index contributed by atoms with van der Waals surface area (Å²) in [6.07, 6.45) is 6.99. The first-order chi connectivity index (χ1) is 15.6. The maximum atomic E-state index is 12.3. The smallest absolute Gasteiger partial charge is 0.244 e. The Morgan fingerprint density at radius 2 is 1.75 bits per heavy atom. The van der Waals surface area contributed by atoms with Gasteiger partial charge in [-0.05, 0) is 38.1 Å². The highest BCUT2D eigenvalue weighted by Crippen LogP contribution is 2.19. The van der Waals surface area contributed by atoms with Gasteiger partial charge in [-0.3, -0.25) is 9.69 Å². The van der Waals surface area contributed by atoms with Gasteiger partial charge in [0, 0.05) is 69.0 Å². The maximum Gasteiger partial charge on any atom is 0.244 e. The number of hydrogen-bond donors (Lipinski definition) is 1. The molecule has 0 bridgehead atoms. The van der Waals surface area contributed by atoms with Crippen molar-refractivity contribution in [2.45, 2.75) is 13.8 Å². The van der Waals surface area contributed by atoms with Crippen LogP contribution in [-0.4, -0.2) is 69.8 Å². The lowest BCUT2D eigenvalue weighted by atomic mass is 10.2. The molecule has 1 aromatic carbocycles. The molecule has 0 radical (unpaired) electrons. The lowest BCUT2D eigenvalue weighted by molar-refractivity contribution is -0.116. The molecule has 8 heteroatoms. The molecule has 1 fully saturated rings. The summed E-state index contributed by atoms with van der Waals surface area (Å²) in [5, 5.41) is 7.61. The Kier molecular flexibility index (Phi) is 6.91. The number of aromatic nitrogens is 4. The van der Waals surface area contributed by atoms with Gasteiger partial charge < -0.3 is 10.2 Å². The Bertz CT molecular complexity index is 1050. The quantitative estimate of drug-likeness (QED) is 0.578. The molecular formula is C24H29N7O. The summed E-state index contributed by atoms with van der Waals surface area (Å²) >= 11 is 0. The molecule has 1 N–H and O–H groups in total. The maximum absolute atomic E-state index is 12.3. The van der Waals surface area contributed by atoms with Gasteiger partial charge in [-0.15, -0.1) is 0 Å². The van der Waals surface area contributed by atoms with Gasteiger partial charge >= 0.3 is 0 Å². The van der Waals surface area contributed by atoms with Crippen molar-refractivity contribution in [1.29, 1.82) is 0 Å². The summed E-state index contributed by atoms with van der Waals surface area (Å²) in [5.74, 6) is 0.694. The summed E-state index contributed by atoms with van der Waals surface area (Å²) in [7, 11) is 0. The minimum Gasteiger partial charge on any atom is -0.351 e. The second kappa shape index (κ2) is 10.2. The monoisotopic (exact) mass is 431 g/mol. The first-order valence-corrected chi connectivity index (χ1v) is 10.9. The van der Waals surface area contributed by atoms with Crippen LogP contribution in [0.1, 0.15) is 17.0 Å². The first-order valence-electron chi connectivity index (χ1n) is 10.9. The van der Waals surface area contributed by atoms with E-state index in [1.54, 1.807) is 18.5 Å². The van der Waals surface area contributed by atoms with E-state index < -0.39 is 0 Å². The van der Waals surface area contributed by atoms with E-state index in [4.69, 9.17) is 0 Å². The number of carbonyl (C=O) groups is 1. The van der Waals surface area contributed by atoms with Crippen molar-refractivity contribution in [1.82, 2.24) is 30.0 Å². The number of rotatable bonds is 7. The zero-order valence-electron chi connectivity index (χ0n) is 18.6. The third kappa shape index (κ3) is 5.20. The van der Waals surface area contributed by atoms with E-state index in [0.717, 1.165) is 61.3 Å². The summed E-state index contributed by atoms with van der Waals surface area (Å²) in [4.78, 5) is 25.5. The van der Waals surface area contributed by atoms with E-state index in [1.165, 1.54) is 0 Å². The van der Waals surface area contributed by atoms with Crippen LogP contribution in [-0.2, 0) is 4.79 Å². The van der Waals surface area contributed by atoms with Crippen molar-refractivity contribution in [2.24, 2.45) is 0 Å². The Morgan fingerprint density at radius 3 is 2.47 bits per heavy atom. The number of nitrogens with one attached hydrogen (secondary N) is 1. The second-order valence-electron chi connectivity index (χ2n) is 7.83. The van der Waals surface area contributed by atoms with Crippen LogP contribution in [0.5, 0.6) is 0 Å². The highest BCUT2D eigenvalue weighted by atomic mass is 16.1. The van der Waals surface area contributed by atoms with Crippen molar-refractivity contribution in [3.8, 4) is 5.69 Å². The standard InChI is InChI=1S/C24H29N7O/c1-19-22(20(2)31(28-19)21-7-4-3-5-8-21)9-10-23(32)25-13-14-29-15-17-30(18-16-29)24-26-11-6-12-27-24/h3-12H,13-18H2,1-2H3,(H,25,32)/b10-9+. The van der Waals surface area contributed by atoms with E-state index in [9.17, 15) is 4.79 Å². The molecule has 32 heavy (non-hydrogen) atoms. The SMILES string of the molecule is Cc1nn(-c2ccccc2)c(C)c1/C=C/C(=O)NCCN1CCN(c2ncccn2)CC1. The molecule has 1 amide bonds. The van der Waals surface area contributed by atoms with Crippen LogP contribution in [0, 0.1) is 13.8 Å². The number of piperazine rings is 1. The molecule has 8 nitrogen and oxygen atoms in total. The zero-order valence-corrected chi connectivity index (χ0v) is 18.6. The highest BCUT2D eigenvalue weighted by Gasteiger charge is 2.18. The number of nitrogens with zero attached hydrogens (tertiary/aromatic N) is 6. The van der Waals surface area contributed by atoms with Crippen LogP contribution < -0.4 is 10.2 Å². The first kappa shape index (κ1) is 21.7. The molecule has 166 valence electrons. The summed E-state index contributed by atoms with van der Waals surface area (Å²) in [5.41, 5.74) is 3.90. The fraction of sp³-hybridized carbons (Fsp3) is 0.333. The van der Waals surface area contributed by atoms with Crippen LogP contribution in [0.2, 0.25) is 0 Å². The van der Waals surface area contributed by atoms with Crippen molar-refractivity contribution in [3.63, 3.8) is 0 Å². The zero-order chi connectivity index (χ0) is 22.3. The average molecular weight is 432 g/mol. The van der Waals surface area contributed by atoms with Crippen molar-refractivity contribution in [2.75, 3.05) is 44.2 Å². The molecule has 4 rings (SSSR count). The van der Waals surface area contributed by atoms with Gasteiger partial charge in [0.15, 0.2) is 0 Å². The largest absolute Gasteiger partial charge is 0.351 e.